The summed E-state index contributed by atoms with van der Waals surface area (Å²) in [6.07, 6.45) is 0.522. The molecule has 1 rings (SSSR count). The lowest BCUT2D eigenvalue weighted by Gasteiger charge is -2.19. The lowest BCUT2D eigenvalue weighted by molar-refractivity contribution is 0.485. The van der Waals surface area contributed by atoms with Crippen LogP contribution in [0.15, 0.2) is 24.3 Å². The predicted molar refractivity (Wildman–Crippen MR) is 62.3 cm³/mol. The minimum atomic E-state index is -0.510. The molecule has 1 aromatic rings. The molecule has 0 saturated heterocycles. The van der Waals surface area contributed by atoms with Gasteiger partial charge in [0.2, 0.25) is 0 Å². The molecular formula is C13H17F2N. The van der Waals surface area contributed by atoms with E-state index in [0.29, 0.717) is 12.0 Å². The highest BCUT2D eigenvalue weighted by atomic mass is 19.1. The molecule has 88 valence electrons. The second-order valence-electron chi connectivity index (χ2n) is 4.09. The zero-order chi connectivity index (χ0) is 12.3. The Morgan fingerprint density at radius 2 is 2.06 bits per heavy atom. The smallest absolute Gasteiger partial charge is 0.133 e. The lowest BCUT2D eigenvalue weighted by atomic mass is 9.97. The summed E-state index contributed by atoms with van der Waals surface area (Å²) in [5.74, 6) is -0.982. The first-order valence-electron chi connectivity index (χ1n) is 5.23. The number of benzene rings is 1. The normalized spacial score (nSPS) is 12.6. The fourth-order valence-electron chi connectivity index (χ4n) is 1.69. The highest BCUT2D eigenvalue weighted by molar-refractivity contribution is 5.30. The molecule has 3 heteroatoms. The largest absolute Gasteiger partial charge is 0.313 e. The molecule has 0 heterocycles. The number of nitrogens with one attached hydrogen (secondary N) is 1. The topological polar surface area (TPSA) is 12.0 Å². The van der Waals surface area contributed by atoms with E-state index in [4.69, 9.17) is 0 Å². The number of halogens is 2. The van der Waals surface area contributed by atoms with Gasteiger partial charge in [-0.25, -0.2) is 8.78 Å². The highest BCUT2D eigenvalue weighted by Crippen LogP contribution is 2.27. The van der Waals surface area contributed by atoms with E-state index in [0.717, 1.165) is 5.57 Å². The summed E-state index contributed by atoms with van der Waals surface area (Å²) in [6, 6.07) is 2.38. The molecular weight excluding hydrogens is 208 g/mol. The van der Waals surface area contributed by atoms with E-state index in [1.54, 1.807) is 14.0 Å². The Balaban J connectivity index is 3.18. The van der Waals surface area contributed by atoms with Crippen LogP contribution in [0.1, 0.15) is 30.5 Å². The summed E-state index contributed by atoms with van der Waals surface area (Å²) >= 11 is 0. The minimum absolute atomic E-state index is 0.102. The maximum Gasteiger partial charge on any atom is 0.133 e. The second-order valence-corrected chi connectivity index (χ2v) is 4.09. The molecule has 1 unspecified atom stereocenters. The van der Waals surface area contributed by atoms with Gasteiger partial charge in [0.1, 0.15) is 11.6 Å². The van der Waals surface area contributed by atoms with Crippen molar-refractivity contribution in [1.29, 1.82) is 0 Å². The summed E-state index contributed by atoms with van der Waals surface area (Å²) in [4.78, 5) is 0. The molecule has 0 aliphatic rings. The number of rotatable bonds is 4. The average molecular weight is 225 g/mol. The second kappa shape index (κ2) is 5.21. The molecule has 0 fully saturated rings. The van der Waals surface area contributed by atoms with Crippen LogP contribution in [-0.2, 0) is 0 Å². The van der Waals surface area contributed by atoms with Gasteiger partial charge in [-0.05, 0) is 38.9 Å². The fourth-order valence-corrected chi connectivity index (χ4v) is 1.69. The third-order valence-corrected chi connectivity index (χ3v) is 2.57. The van der Waals surface area contributed by atoms with E-state index in [1.165, 1.54) is 12.1 Å². The molecule has 0 saturated carbocycles. The first kappa shape index (κ1) is 12.8. The molecule has 0 amide bonds. The molecule has 16 heavy (non-hydrogen) atoms. The van der Waals surface area contributed by atoms with Crippen molar-refractivity contribution in [1.82, 2.24) is 5.32 Å². The van der Waals surface area contributed by atoms with Gasteiger partial charge in [0.25, 0.3) is 0 Å². The molecule has 0 bridgehead atoms. The Labute approximate surface area is 95.2 Å². The Morgan fingerprint density at radius 3 is 2.56 bits per heavy atom. The Morgan fingerprint density at radius 1 is 1.44 bits per heavy atom. The minimum Gasteiger partial charge on any atom is -0.313 e. The van der Waals surface area contributed by atoms with E-state index in [-0.39, 0.29) is 11.6 Å². The van der Waals surface area contributed by atoms with Crippen molar-refractivity contribution >= 4 is 0 Å². The Hall–Kier alpha value is -1.22. The molecule has 1 aromatic carbocycles. The molecule has 1 nitrogen and oxygen atoms in total. The van der Waals surface area contributed by atoms with Gasteiger partial charge in [0, 0.05) is 11.6 Å². The van der Waals surface area contributed by atoms with E-state index < -0.39 is 11.6 Å². The molecule has 0 spiro atoms. The summed E-state index contributed by atoms with van der Waals surface area (Å²) < 4.78 is 27.4. The van der Waals surface area contributed by atoms with Crippen LogP contribution in [0.5, 0.6) is 0 Å². The van der Waals surface area contributed by atoms with Gasteiger partial charge < -0.3 is 5.32 Å². The van der Waals surface area contributed by atoms with Crippen LogP contribution in [0.3, 0.4) is 0 Å². The standard InChI is InChI=1S/C13H17F2N/c1-8(2)7-11(16-4)12-10(14)6-5-9(3)13(12)15/h5-6,11,16H,1,7H2,2-4H3. The van der Waals surface area contributed by atoms with E-state index in [9.17, 15) is 8.78 Å². The molecule has 0 aliphatic carbocycles. The van der Waals surface area contributed by atoms with Crippen molar-refractivity contribution in [3.63, 3.8) is 0 Å². The van der Waals surface area contributed by atoms with Crippen molar-refractivity contribution in [3.05, 3.63) is 47.0 Å². The van der Waals surface area contributed by atoms with Crippen LogP contribution in [0.2, 0.25) is 0 Å². The monoisotopic (exact) mass is 225 g/mol. The summed E-state index contributed by atoms with van der Waals surface area (Å²) in [5, 5.41) is 2.92. The summed E-state index contributed by atoms with van der Waals surface area (Å²) in [5.41, 5.74) is 1.45. The maximum atomic E-state index is 13.8. The molecule has 0 radical (unpaired) electrons. The zero-order valence-electron chi connectivity index (χ0n) is 9.90. The average Bonchev–Trinajstić information content (AvgIpc) is 2.22. The third kappa shape index (κ3) is 2.67. The van der Waals surface area contributed by atoms with Crippen LogP contribution < -0.4 is 5.32 Å². The third-order valence-electron chi connectivity index (χ3n) is 2.57. The summed E-state index contributed by atoms with van der Waals surface area (Å²) in [7, 11) is 1.69. The van der Waals surface area contributed by atoms with Gasteiger partial charge in [0.05, 0.1) is 0 Å². The SMILES string of the molecule is C=C(C)CC(NC)c1c(F)ccc(C)c1F. The molecule has 1 atom stereocenters. The van der Waals surface area contributed by atoms with Gasteiger partial charge in [0.15, 0.2) is 0 Å². The Bertz CT molecular complexity index is 399. The van der Waals surface area contributed by atoms with Crippen molar-refractivity contribution in [2.75, 3.05) is 7.05 Å². The van der Waals surface area contributed by atoms with Crippen LogP contribution in [0.4, 0.5) is 8.78 Å². The molecule has 1 N–H and O–H groups in total. The van der Waals surface area contributed by atoms with Crippen molar-refractivity contribution in [2.45, 2.75) is 26.3 Å². The number of hydrogen-bond donors (Lipinski definition) is 1. The van der Waals surface area contributed by atoms with Gasteiger partial charge >= 0.3 is 0 Å². The maximum absolute atomic E-state index is 13.8. The van der Waals surface area contributed by atoms with Crippen LogP contribution >= 0.6 is 0 Å². The number of aryl methyl sites for hydroxylation is 1. The fraction of sp³-hybridized carbons (Fsp3) is 0.385. The number of hydrogen-bond acceptors (Lipinski definition) is 1. The van der Waals surface area contributed by atoms with Crippen molar-refractivity contribution in [2.24, 2.45) is 0 Å². The zero-order valence-corrected chi connectivity index (χ0v) is 9.90. The van der Waals surface area contributed by atoms with Crippen molar-refractivity contribution in [3.8, 4) is 0 Å². The molecule has 0 aromatic heterocycles. The van der Waals surface area contributed by atoms with E-state index in [1.807, 2.05) is 6.92 Å². The predicted octanol–water partition coefficient (Wildman–Crippen LogP) is 3.50. The van der Waals surface area contributed by atoms with Gasteiger partial charge in [-0.15, -0.1) is 6.58 Å². The van der Waals surface area contributed by atoms with Crippen LogP contribution in [0, 0.1) is 18.6 Å². The van der Waals surface area contributed by atoms with E-state index >= 15 is 0 Å². The Kier molecular flexibility index (Phi) is 4.19. The first-order valence-corrected chi connectivity index (χ1v) is 5.23. The molecule has 0 aliphatic heterocycles. The lowest BCUT2D eigenvalue weighted by Crippen LogP contribution is -2.20. The van der Waals surface area contributed by atoms with Gasteiger partial charge in [-0.2, -0.15) is 0 Å². The summed E-state index contributed by atoms with van der Waals surface area (Å²) in [6.45, 7) is 7.24. The van der Waals surface area contributed by atoms with Crippen LogP contribution in [-0.4, -0.2) is 7.05 Å². The van der Waals surface area contributed by atoms with Crippen LogP contribution in [0.25, 0.3) is 0 Å². The van der Waals surface area contributed by atoms with Crippen molar-refractivity contribution < 1.29 is 8.78 Å². The quantitative estimate of drug-likeness (QED) is 0.773. The highest BCUT2D eigenvalue weighted by Gasteiger charge is 2.20. The first-order chi connectivity index (χ1) is 7.47. The van der Waals surface area contributed by atoms with Gasteiger partial charge in [-0.1, -0.05) is 11.6 Å². The van der Waals surface area contributed by atoms with E-state index in [2.05, 4.69) is 11.9 Å². The van der Waals surface area contributed by atoms with Gasteiger partial charge in [-0.3, -0.25) is 0 Å².